The third-order valence-electron chi connectivity index (χ3n) is 1.42. The standard InChI is InChI=1S/C8H8N2O2/c9-7(11)5-3-1-2-4-6(5)8(10)12/h1-4H,(H2,9,11)(H2,10,12)/p-2. The second-order valence-electron chi connectivity index (χ2n) is 2.20. The molecule has 0 aliphatic rings. The van der Waals surface area contributed by atoms with E-state index in [2.05, 4.69) is 0 Å². The van der Waals surface area contributed by atoms with Gasteiger partial charge in [-0.25, -0.2) is 0 Å². The minimum absolute atomic E-state index is 0.0162. The fourth-order valence-corrected chi connectivity index (χ4v) is 0.879. The van der Waals surface area contributed by atoms with Gasteiger partial charge in [-0.05, 0) is 22.9 Å². The van der Waals surface area contributed by atoms with E-state index in [0.29, 0.717) is 0 Å². The predicted molar refractivity (Wildman–Crippen MR) is 40.1 cm³/mol. The van der Waals surface area contributed by atoms with Crippen LogP contribution < -0.4 is 10.2 Å². The Hall–Kier alpha value is -1.84. The van der Waals surface area contributed by atoms with Gasteiger partial charge in [0.25, 0.3) is 0 Å². The Bertz CT molecular complexity index is 301. The van der Waals surface area contributed by atoms with Crippen molar-refractivity contribution in [3.05, 3.63) is 35.4 Å². The lowest BCUT2D eigenvalue weighted by molar-refractivity contribution is -0.218. The lowest BCUT2D eigenvalue weighted by Gasteiger charge is -2.15. The van der Waals surface area contributed by atoms with Gasteiger partial charge in [-0.2, -0.15) is 0 Å². The van der Waals surface area contributed by atoms with Gasteiger partial charge in [-0.3, -0.25) is 0 Å². The maximum Gasteiger partial charge on any atom is -0.00741 e. The van der Waals surface area contributed by atoms with Crippen molar-refractivity contribution in [2.45, 2.75) is 0 Å². The molecular weight excluding hydrogens is 156 g/mol. The Morgan fingerprint density at radius 1 is 0.917 bits per heavy atom. The van der Waals surface area contributed by atoms with Gasteiger partial charge < -0.3 is 21.0 Å². The Balaban J connectivity index is 3.27. The molecule has 0 aromatic heterocycles. The molecule has 12 heavy (non-hydrogen) atoms. The molecule has 0 aliphatic heterocycles. The Morgan fingerprint density at radius 2 is 1.25 bits per heavy atom. The topological polar surface area (TPSA) is 93.8 Å². The molecule has 0 radical (unpaired) electrons. The first-order chi connectivity index (χ1) is 5.63. The monoisotopic (exact) mass is 162 g/mol. The number of hydrogen-bond donors (Lipinski definition) is 2. The minimum atomic E-state index is -0.939. The molecule has 0 saturated heterocycles. The van der Waals surface area contributed by atoms with Crippen LogP contribution in [0.25, 0.3) is 0 Å². The van der Waals surface area contributed by atoms with Crippen LogP contribution in [0.2, 0.25) is 0 Å². The lowest BCUT2D eigenvalue weighted by Crippen LogP contribution is -2.25. The van der Waals surface area contributed by atoms with Gasteiger partial charge in [-0.15, -0.1) is 0 Å². The van der Waals surface area contributed by atoms with E-state index in [1.807, 2.05) is 0 Å². The normalized spacial score (nSPS) is 9.33. The minimum Gasteiger partial charge on any atom is -0.859 e. The highest BCUT2D eigenvalue weighted by atomic mass is 16.3. The molecule has 0 saturated carbocycles. The third-order valence-corrected chi connectivity index (χ3v) is 1.42. The summed E-state index contributed by atoms with van der Waals surface area (Å²) in [5, 5.41) is 34.8. The first kappa shape index (κ1) is 8.26. The Labute approximate surface area is 69.1 Å². The first-order valence-corrected chi connectivity index (χ1v) is 3.24. The number of rotatable bonds is 2. The van der Waals surface area contributed by atoms with Gasteiger partial charge in [0, 0.05) is 0 Å². The zero-order chi connectivity index (χ0) is 9.14. The average Bonchev–Trinajstić information content (AvgIpc) is 2.04. The van der Waals surface area contributed by atoms with Gasteiger partial charge in [0.05, 0.1) is 0 Å². The zero-order valence-electron chi connectivity index (χ0n) is 6.13. The zero-order valence-corrected chi connectivity index (χ0v) is 6.13. The van der Waals surface area contributed by atoms with Crippen LogP contribution in [0, 0.1) is 10.8 Å². The highest BCUT2D eigenvalue weighted by Crippen LogP contribution is 2.05. The summed E-state index contributed by atoms with van der Waals surface area (Å²) < 4.78 is 0. The number of benzene rings is 1. The summed E-state index contributed by atoms with van der Waals surface area (Å²) in [7, 11) is 0. The van der Waals surface area contributed by atoms with Crippen LogP contribution >= 0.6 is 0 Å². The van der Waals surface area contributed by atoms with Crippen LogP contribution in [0.15, 0.2) is 24.3 Å². The van der Waals surface area contributed by atoms with Crippen molar-refractivity contribution in [3.63, 3.8) is 0 Å². The summed E-state index contributed by atoms with van der Waals surface area (Å²) in [4.78, 5) is 0. The van der Waals surface area contributed by atoms with E-state index in [1.165, 1.54) is 12.1 Å². The van der Waals surface area contributed by atoms with E-state index in [-0.39, 0.29) is 11.1 Å². The van der Waals surface area contributed by atoms with Crippen molar-refractivity contribution in [2.75, 3.05) is 0 Å². The highest BCUT2D eigenvalue weighted by Gasteiger charge is 1.98. The maximum atomic E-state index is 10.6. The smallest absolute Gasteiger partial charge is 0.00741 e. The van der Waals surface area contributed by atoms with Crippen LogP contribution in [-0.2, 0) is 0 Å². The third kappa shape index (κ3) is 1.42. The van der Waals surface area contributed by atoms with Crippen LogP contribution in [-0.4, -0.2) is 11.8 Å². The van der Waals surface area contributed by atoms with E-state index >= 15 is 0 Å². The summed E-state index contributed by atoms with van der Waals surface area (Å²) >= 11 is 0. The van der Waals surface area contributed by atoms with E-state index in [0.717, 1.165) is 0 Å². The fraction of sp³-hybridized carbons (Fsp3) is 0. The summed E-state index contributed by atoms with van der Waals surface area (Å²) in [6.07, 6.45) is 0. The summed E-state index contributed by atoms with van der Waals surface area (Å²) in [5.74, 6) is -1.88. The fourth-order valence-electron chi connectivity index (χ4n) is 0.879. The molecule has 0 unspecified atom stereocenters. The SMILES string of the molecule is N=C([O-])c1ccccc1C(=N)[O-]. The molecule has 1 aromatic rings. The van der Waals surface area contributed by atoms with Crippen molar-refractivity contribution < 1.29 is 10.2 Å². The molecule has 4 heteroatoms. The van der Waals surface area contributed by atoms with E-state index < -0.39 is 11.8 Å². The van der Waals surface area contributed by atoms with Crippen molar-refractivity contribution in [3.8, 4) is 0 Å². The van der Waals surface area contributed by atoms with Gasteiger partial charge in [0.2, 0.25) is 0 Å². The van der Waals surface area contributed by atoms with Gasteiger partial charge in [-0.1, -0.05) is 24.3 Å². The maximum absolute atomic E-state index is 10.6. The van der Waals surface area contributed by atoms with Crippen molar-refractivity contribution in [2.24, 2.45) is 0 Å². The molecule has 2 N–H and O–H groups in total. The highest BCUT2D eigenvalue weighted by molar-refractivity contribution is 6.01. The predicted octanol–water partition coefficient (Wildman–Crippen LogP) is -0.942. The van der Waals surface area contributed by atoms with E-state index in [1.54, 1.807) is 12.1 Å². The van der Waals surface area contributed by atoms with Crippen molar-refractivity contribution in [1.82, 2.24) is 0 Å². The molecule has 4 nitrogen and oxygen atoms in total. The second kappa shape index (κ2) is 3.04. The molecule has 1 aromatic carbocycles. The van der Waals surface area contributed by atoms with Gasteiger partial charge in [0.1, 0.15) is 0 Å². The first-order valence-electron chi connectivity index (χ1n) is 3.24. The van der Waals surface area contributed by atoms with E-state index in [9.17, 15) is 10.2 Å². The lowest BCUT2D eigenvalue weighted by atomic mass is 10.1. The second-order valence-corrected chi connectivity index (χ2v) is 2.20. The van der Waals surface area contributed by atoms with Gasteiger partial charge >= 0.3 is 0 Å². The molecule has 0 fully saturated rings. The molecule has 0 spiro atoms. The summed E-state index contributed by atoms with van der Waals surface area (Å²) in [6.45, 7) is 0. The number of nitrogens with one attached hydrogen (secondary N) is 2. The average molecular weight is 162 g/mol. The largest absolute Gasteiger partial charge is 0.859 e. The van der Waals surface area contributed by atoms with Gasteiger partial charge in [0.15, 0.2) is 0 Å². The number of hydrogen-bond acceptors (Lipinski definition) is 4. The summed E-state index contributed by atoms with van der Waals surface area (Å²) in [6, 6.07) is 5.82. The van der Waals surface area contributed by atoms with Crippen molar-refractivity contribution in [1.29, 1.82) is 10.8 Å². The molecule has 0 aliphatic carbocycles. The van der Waals surface area contributed by atoms with Crippen LogP contribution in [0.1, 0.15) is 11.1 Å². The van der Waals surface area contributed by atoms with Crippen LogP contribution in [0.3, 0.4) is 0 Å². The van der Waals surface area contributed by atoms with E-state index in [4.69, 9.17) is 10.8 Å². The Kier molecular flexibility index (Phi) is 2.09. The molecule has 62 valence electrons. The molecule has 0 atom stereocenters. The quantitative estimate of drug-likeness (QED) is 0.433. The molecule has 0 amide bonds. The Morgan fingerprint density at radius 3 is 1.50 bits per heavy atom. The molecular formula is C8H6N2O2-2. The van der Waals surface area contributed by atoms with Crippen molar-refractivity contribution >= 4 is 11.8 Å². The molecule has 0 heterocycles. The molecule has 0 bridgehead atoms. The van der Waals surface area contributed by atoms with Crippen LogP contribution in [0.5, 0.6) is 0 Å². The summed E-state index contributed by atoms with van der Waals surface area (Å²) in [5.41, 5.74) is -0.0324. The van der Waals surface area contributed by atoms with Crippen LogP contribution in [0.4, 0.5) is 0 Å². The molecule has 1 rings (SSSR count).